The first-order chi connectivity index (χ1) is 12.2. The van der Waals surface area contributed by atoms with Crippen LogP contribution in [0.3, 0.4) is 0 Å². The molecule has 4 nitrogen and oxygen atoms in total. The number of hydrogen-bond donors (Lipinski definition) is 1. The van der Waals surface area contributed by atoms with Crippen molar-refractivity contribution in [2.75, 3.05) is 5.75 Å². The Kier molecular flexibility index (Phi) is 5.14. The Morgan fingerprint density at radius 1 is 1.12 bits per heavy atom. The summed E-state index contributed by atoms with van der Waals surface area (Å²) in [7, 11) is -3.32. The summed E-state index contributed by atoms with van der Waals surface area (Å²) in [4.78, 5) is 12.6. The van der Waals surface area contributed by atoms with Gasteiger partial charge in [-0.3, -0.25) is 4.79 Å². The molecule has 0 saturated heterocycles. The third-order valence-corrected chi connectivity index (χ3v) is 6.56. The van der Waals surface area contributed by atoms with Gasteiger partial charge in [-0.05, 0) is 74.1 Å². The van der Waals surface area contributed by atoms with Crippen LogP contribution >= 0.6 is 0 Å². The summed E-state index contributed by atoms with van der Waals surface area (Å²) >= 11 is 0. The molecule has 0 heterocycles. The minimum absolute atomic E-state index is 0.0278. The SMILES string of the molecule is Cc1cc(F)cc(C(=O)N[C@H]2C[C@H](CS(=O)(=O)c3cccc(C)c3)C2)c1. The highest BCUT2D eigenvalue weighted by molar-refractivity contribution is 7.91. The van der Waals surface area contributed by atoms with Gasteiger partial charge in [0.05, 0.1) is 10.6 Å². The van der Waals surface area contributed by atoms with Crippen molar-refractivity contribution in [3.05, 3.63) is 65.0 Å². The third kappa shape index (κ3) is 4.30. The monoisotopic (exact) mass is 375 g/mol. The van der Waals surface area contributed by atoms with Crippen molar-refractivity contribution in [3.8, 4) is 0 Å². The van der Waals surface area contributed by atoms with Gasteiger partial charge in [-0.25, -0.2) is 12.8 Å². The van der Waals surface area contributed by atoms with E-state index in [1.807, 2.05) is 13.0 Å². The van der Waals surface area contributed by atoms with Gasteiger partial charge in [0.2, 0.25) is 0 Å². The normalized spacial score (nSPS) is 19.7. The molecule has 2 aromatic rings. The fourth-order valence-corrected chi connectivity index (χ4v) is 5.08. The predicted molar refractivity (Wildman–Crippen MR) is 98.3 cm³/mol. The molecule has 138 valence electrons. The number of amides is 1. The largest absolute Gasteiger partial charge is 0.349 e. The lowest BCUT2D eigenvalue weighted by Gasteiger charge is -2.35. The van der Waals surface area contributed by atoms with Gasteiger partial charge in [-0.15, -0.1) is 0 Å². The van der Waals surface area contributed by atoms with E-state index in [4.69, 9.17) is 0 Å². The highest BCUT2D eigenvalue weighted by atomic mass is 32.2. The van der Waals surface area contributed by atoms with Crippen LogP contribution in [0.4, 0.5) is 4.39 Å². The van der Waals surface area contributed by atoms with Crippen LogP contribution in [0.5, 0.6) is 0 Å². The summed E-state index contributed by atoms with van der Waals surface area (Å²) in [6, 6.07) is 11.1. The molecule has 3 rings (SSSR count). The van der Waals surface area contributed by atoms with E-state index >= 15 is 0 Å². The Morgan fingerprint density at radius 2 is 1.85 bits per heavy atom. The van der Waals surface area contributed by atoms with E-state index in [9.17, 15) is 17.6 Å². The zero-order valence-electron chi connectivity index (χ0n) is 14.8. The van der Waals surface area contributed by atoms with E-state index in [1.165, 1.54) is 12.1 Å². The van der Waals surface area contributed by atoms with Crippen molar-refractivity contribution in [2.24, 2.45) is 5.92 Å². The Labute approximate surface area is 153 Å². The van der Waals surface area contributed by atoms with Crippen LogP contribution in [0.15, 0.2) is 47.4 Å². The maximum atomic E-state index is 13.4. The molecule has 1 saturated carbocycles. The summed E-state index contributed by atoms with van der Waals surface area (Å²) in [6.07, 6.45) is 1.23. The number of carbonyl (C=O) groups is 1. The van der Waals surface area contributed by atoms with Crippen LogP contribution in [0.1, 0.15) is 34.3 Å². The van der Waals surface area contributed by atoms with Crippen LogP contribution in [0.25, 0.3) is 0 Å². The minimum atomic E-state index is -3.32. The van der Waals surface area contributed by atoms with Crippen molar-refractivity contribution in [1.29, 1.82) is 0 Å². The Bertz CT molecular complexity index is 914. The molecule has 0 spiro atoms. The summed E-state index contributed by atoms with van der Waals surface area (Å²) in [5.74, 6) is -0.648. The molecule has 1 N–H and O–H groups in total. The zero-order valence-corrected chi connectivity index (χ0v) is 15.6. The van der Waals surface area contributed by atoms with Gasteiger partial charge in [0.15, 0.2) is 9.84 Å². The Hall–Kier alpha value is -2.21. The fourth-order valence-electron chi connectivity index (χ4n) is 3.34. The number of aryl methyl sites for hydroxylation is 2. The Morgan fingerprint density at radius 3 is 2.50 bits per heavy atom. The minimum Gasteiger partial charge on any atom is -0.349 e. The summed E-state index contributed by atoms with van der Waals surface area (Å²) in [5, 5.41) is 2.85. The standard InChI is InChI=1S/C20H22FNO3S/c1-13-4-3-5-19(8-13)26(24,25)12-15-9-18(10-15)22-20(23)16-6-14(2)7-17(21)11-16/h3-8,11,15,18H,9-10,12H2,1-2H3,(H,22,23)/t15-,18-. The molecule has 2 aromatic carbocycles. The molecular formula is C20H22FNO3S. The second-order valence-electron chi connectivity index (χ2n) is 7.12. The molecule has 26 heavy (non-hydrogen) atoms. The molecule has 1 amide bonds. The van der Waals surface area contributed by atoms with Crippen molar-refractivity contribution in [2.45, 2.75) is 37.6 Å². The first-order valence-corrected chi connectivity index (χ1v) is 10.3. The molecular weight excluding hydrogens is 353 g/mol. The number of hydrogen-bond acceptors (Lipinski definition) is 3. The van der Waals surface area contributed by atoms with Crippen molar-refractivity contribution < 1.29 is 17.6 Å². The highest BCUT2D eigenvalue weighted by Crippen LogP contribution is 2.31. The van der Waals surface area contributed by atoms with Crippen LogP contribution in [-0.4, -0.2) is 26.1 Å². The second kappa shape index (κ2) is 7.19. The van der Waals surface area contributed by atoms with Gasteiger partial charge < -0.3 is 5.32 Å². The smallest absolute Gasteiger partial charge is 0.251 e. The lowest BCUT2D eigenvalue weighted by molar-refractivity contribution is 0.0896. The van der Waals surface area contributed by atoms with Crippen LogP contribution in [0.2, 0.25) is 0 Å². The molecule has 6 heteroatoms. The van der Waals surface area contributed by atoms with Crippen LogP contribution in [-0.2, 0) is 9.84 Å². The predicted octanol–water partition coefficient (Wildman–Crippen LogP) is 3.42. The van der Waals surface area contributed by atoms with E-state index in [0.29, 0.717) is 28.9 Å². The van der Waals surface area contributed by atoms with Crippen LogP contribution < -0.4 is 5.32 Å². The van der Waals surface area contributed by atoms with Gasteiger partial charge in [0.25, 0.3) is 5.91 Å². The number of rotatable bonds is 5. The maximum Gasteiger partial charge on any atom is 0.251 e. The topological polar surface area (TPSA) is 63.2 Å². The summed E-state index contributed by atoms with van der Waals surface area (Å²) < 4.78 is 38.4. The number of benzene rings is 2. The Balaban J connectivity index is 1.55. The quantitative estimate of drug-likeness (QED) is 0.871. The molecule has 1 aliphatic rings. The summed E-state index contributed by atoms with van der Waals surface area (Å²) in [6.45, 7) is 3.59. The van der Waals surface area contributed by atoms with E-state index in [-0.39, 0.29) is 23.6 Å². The zero-order chi connectivity index (χ0) is 18.9. The average molecular weight is 375 g/mol. The number of nitrogens with one attached hydrogen (secondary N) is 1. The molecule has 1 aliphatic carbocycles. The maximum absolute atomic E-state index is 13.4. The van der Waals surface area contributed by atoms with Crippen molar-refractivity contribution in [3.63, 3.8) is 0 Å². The summed E-state index contributed by atoms with van der Waals surface area (Å²) in [5.41, 5.74) is 1.89. The lowest BCUT2D eigenvalue weighted by atomic mass is 9.81. The molecule has 0 aromatic heterocycles. The fraction of sp³-hybridized carbons (Fsp3) is 0.350. The van der Waals surface area contributed by atoms with Gasteiger partial charge in [0, 0.05) is 11.6 Å². The molecule has 0 aliphatic heterocycles. The van der Waals surface area contributed by atoms with E-state index < -0.39 is 15.7 Å². The van der Waals surface area contributed by atoms with E-state index in [2.05, 4.69) is 5.32 Å². The second-order valence-corrected chi connectivity index (χ2v) is 9.16. The van der Waals surface area contributed by atoms with Crippen molar-refractivity contribution in [1.82, 2.24) is 5.32 Å². The molecule has 0 radical (unpaired) electrons. The van der Waals surface area contributed by atoms with Gasteiger partial charge in [-0.2, -0.15) is 0 Å². The van der Waals surface area contributed by atoms with Crippen LogP contribution in [0, 0.1) is 25.6 Å². The van der Waals surface area contributed by atoms with E-state index in [0.717, 1.165) is 5.56 Å². The third-order valence-electron chi connectivity index (χ3n) is 4.68. The average Bonchev–Trinajstić information content (AvgIpc) is 2.51. The molecule has 1 fully saturated rings. The number of halogens is 1. The van der Waals surface area contributed by atoms with Gasteiger partial charge in [0.1, 0.15) is 5.82 Å². The number of carbonyl (C=O) groups excluding carboxylic acids is 1. The lowest BCUT2D eigenvalue weighted by Crippen LogP contribution is -2.46. The first kappa shape index (κ1) is 18.6. The van der Waals surface area contributed by atoms with Gasteiger partial charge in [-0.1, -0.05) is 12.1 Å². The molecule has 0 atom stereocenters. The van der Waals surface area contributed by atoms with E-state index in [1.54, 1.807) is 31.2 Å². The first-order valence-electron chi connectivity index (χ1n) is 8.60. The molecule has 0 bridgehead atoms. The highest BCUT2D eigenvalue weighted by Gasteiger charge is 2.34. The number of sulfone groups is 1. The van der Waals surface area contributed by atoms with Gasteiger partial charge >= 0.3 is 0 Å². The van der Waals surface area contributed by atoms with Crippen molar-refractivity contribution >= 4 is 15.7 Å². The molecule has 0 unspecified atom stereocenters.